The van der Waals surface area contributed by atoms with Crippen molar-refractivity contribution in [2.24, 2.45) is 0 Å². The molecule has 1 heteroatoms. The Labute approximate surface area is 69.2 Å². The predicted octanol–water partition coefficient (Wildman–Crippen LogP) is 3.39. The number of rotatable bonds is 3. The van der Waals surface area contributed by atoms with E-state index in [9.17, 15) is 0 Å². The van der Waals surface area contributed by atoms with Crippen LogP contribution in [0.1, 0.15) is 33.1 Å². The molecule has 0 unspecified atom stereocenters. The Morgan fingerprint density at radius 1 is 1.36 bits per heavy atom. The first-order valence-electron chi connectivity index (χ1n) is 4.36. The fourth-order valence-corrected chi connectivity index (χ4v) is 1.12. The van der Waals surface area contributed by atoms with Gasteiger partial charge in [0.15, 0.2) is 0 Å². The summed E-state index contributed by atoms with van der Waals surface area (Å²) in [6, 6.07) is 0. The van der Waals surface area contributed by atoms with Crippen molar-refractivity contribution in [3.63, 3.8) is 0 Å². The van der Waals surface area contributed by atoms with Crippen molar-refractivity contribution in [3.8, 4) is 0 Å². The van der Waals surface area contributed by atoms with Crippen LogP contribution < -0.4 is 0 Å². The lowest BCUT2D eigenvalue weighted by Gasteiger charge is -2.26. The number of nitrogens with zero attached hydrogens (tertiary/aromatic N) is 1. The molecule has 0 spiro atoms. The van der Waals surface area contributed by atoms with Crippen molar-refractivity contribution >= 4 is 0 Å². The molecule has 1 aliphatic rings. The number of hydrogen-bond acceptors (Lipinski definition) is 0. The van der Waals surface area contributed by atoms with Gasteiger partial charge >= 0.3 is 0 Å². The van der Waals surface area contributed by atoms with Crippen LogP contribution in [0.15, 0.2) is 23.4 Å². The number of allylic oxidation sites excluding steroid dienone is 4. The summed E-state index contributed by atoms with van der Waals surface area (Å²) in [6.07, 6.45) is 7.81. The minimum Gasteiger partial charge on any atom is -0.688 e. The molecule has 1 nitrogen and oxygen atoms in total. The minimum absolute atomic E-state index is 0.985. The Balaban J connectivity index is 2.35. The Bertz CT molecular complexity index is 177. The van der Waals surface area contributed by atoms with Gasteiger partial charge in [-0.3, -0.25) is 0 Å². The molecule has 0 fully saturated rings. The van der Waals surface area contributed by atoms with Gasteiger partial charge in [-0.25, -0.2) is 0 Å². The van der Waals surface area contributed by atoms with Crippen LogP contribution in [0.4, 0.5) is 0 Å². The fourth-order valence-electron chi connectivity index (χ4n) is 1.12. The first kappa shape index (κ1) is 8.38. The van der Waals surface area contributed by atoms with Crippen molar-refractivity contribution in [2.75, 3.05) is 6.54 Å². The summed E-state index contributed by atoms with van der Waals surface area (Å²) in [6.45, 7) is 5.32. The maximum absolute atomic E-state index is 4.45. The molecular formula is C10H16N-. The van der Waals surface area contributed by atoms with Gasteiger partial charge in [0.25, 0.3) is 0 Å². The van der Waals surface area contributed by atoms with Gasteiger partial charge in [0.2, 0.25) is 0 Å². The van der Waals surface area contributed by atoms with Crippen LogP contribution in [-0.4, -0.2) is 6.54 Å². The van der Waals surface area contributed by atoms with E-state index in [1.54, 1.807) is 0 Å². The monoisotopic (exact) mass is 150 g/mol. The van der Waals surface area contributed by atoms with Crippen LogP contribution in [0.2, 0.25) is 0 Å². The quantitative estimate of drug-likeness (QED) is 0.585. The fraction of sp³-hybridized carbons (Fsp3) is 0.600. The van der Waals surface area contributed by atoms with Crippen LogP contribution >= 0.6 is 0 Å². The molecule has 11 heavy (non-hydrogen) atoms. The average molecular weight is 150 g/mol. The van der Waals surface area contributed by atoms with E-state index in [0.29, 0.717) is 0 Å². The summed E-state index contributed by atoms with van der Waals surface area (Å²) >= 11 is 0. The second kappa shape index (κ2) is 4.22. The zero-order valence-corrected chi connectivity index (χ0v) is 7.43. The molecule has 1 aliphatic carbocycles. The first-order chi connectivity index (χ1) is 5.33. The predicted molar refractivity (Wildman–Crippen MR) is 49.6 cm³/mol. The van der Waals surface area contributed by atoms with Crippen molar-refractivity contribution in [1.29, 1.82) is 0 Å². The highest BCUT2D eigenvalue weighted by Gasteiger charge is 1.94. The molecule has 0 N–H and O–H groups in total. The standard InChI is InChI=1S/C10H16N/c1-3-8-11-10-6-4-9(2)5-7-10/h4,6H,3,5,7-8H2,1-2H3/q-1. The number of hydrogen-bond donors (Lipinski definition) is 0. The largest absolute Gasteiger partial charge is 0.688 e. The van der Waals surface area contributed by atoms with E-state index in [1.807, 2.05) is 0 Å². The van der Waals surface area contributed by atoms with E-state index in [1.165, 1.54) is 17.7 Å². The summed E-state index contributed by atoms with van der Waals surface area (Å²) in [4.78, 5) is 0. The van der Waals surface area contributed by atoms with Crippen LogP contribution in [0, 0.1) is 0 Å². The van der Waals surface area contributed by atoms with Gasteiger partial charge in [0.1, 0.15) is 0 Å². The zero-order chi connectivity index (χ0) is 8.10. The van der Waals surface area contributed by atoms with Crippen LogP contribution in [0.3, 0.4) is 0 Å². The SMILES string of the molecule is CCC[N-]C1=CC=C(C)CC1. The van der Waals surface area contributed by atoms with E-state index in [-0.39, 0.29) is 0 Å². The molecule has 0 amide bonds. The highest BCUT2D eigenvalue weighted by Crippen LogP contribution is 2.21. The maximum atomic E-state index is 4.45. The van der Waals surface area contributed by atoms with Gasteiger partial charge in [0.05, 0.1) is 0 Å². The van der Waals surface area contributed by atoms with E-state index >= 15 is 0 Å². The third kappa shape index (κ3) is 2.79. The molecule has 0 heterocycles. The molecular weight excluding hydrogens is 134 g/mol. The lowest BCUT2D eigenvalue weighted by molar-refractivity contribution is 0.888. The molecule has 0 aromatic heterocycles. The zero-order valence-electron chi connectivity index (χ0n) is 7.43. The van der Waals surface area contributed by atoms with Gasteiger partial charge in [-0.05, 0) is 19.8 Å². The third-order valence-corrected chi connectivity index (χ3v) is 1.87. The van der Waals surface area contributed by atoms with Gasteiger partial charge in [-0.2, -0.15) is 5.70 Å². The van der Waals surface area contributed by atoms with Crippen LogP contribution in [0.5, 0.6) is 0 Å². The smallest absolute Gasteiger partial charge is 0.0297 e. The lowest BCUT2D eigenvalue weighted by atomic mass is 10.0. The lowest BCUT2D eigenvalue weighted by Crippen LogP contribution is -1.91. The van der Waals surface area contributed by atoms with E-state index in [2.05, 4.69) is 31.3 Å². The van der Waals surface area contributed by atoms with Gasteiger partial charge < -0.3 is 5.32 Å². The molecule has 0 saturated carbocycles. The summed E-state index contributed by atoms with van der Waals surface area (Å²) in [5.74, 6) is 0. The van der Waals surface area contributed by atoms with E-state index < -0.39 is 0 Å². The second-order valence-electron chi connectivity index (χ2n) is 3.05. The topological polar surface area (TPSA) is 14.1 Å². The Hall–Kier alpha value is -0.720. The molecule has 0 saturated heterocycles. The van der Waals surface area contributed by atoms with Crippen molar-refractivity contribution in [2.45, 2.75) is 33.1 Å². The normalized spacial score (nSPS) is 17.3. The van der Waals surface area contributed by atoms with Crippen molar-refractivity contribution in [3.05, 3.63) is 28.7 Å². The summed E-state index contributed by atoms with van der Waals surface area (Å²) in [5.41, 5.74) is 2.75. The summed E-state index contributed by atoms with van der Waals surface area (Å²) in [7, 11) is 0. The minimum atomic E-state index is 0.985. The van der Waals surface area contributed by atoms with Gasteiger partial charge in [-0.15, -0.1) is 6.54 Å². The highest BCUT2D eigenvalue weighted by atomic mass is 14.9. The highest BCUT2D eigenvalue weighted by molar-refractivity contribution is 5.29. The van der Waals surface area contributed by atoms with Crippen molar-refractivity contribution in [1.82, 2.24) is 0 Å². The second-order valence-corrected chi connectivity index (χ2v) is 3.05. The Kier molecular flexibility index (Phi) is 3.21. The molecule has 0 radical (unpaired) electrons. The first-order valence-corrected chi connectivity index (χ1v) is 4.36. The molecule has 0 bridgehead atoms. The Morgan fingerprint density at radius 3 is 2.73 bits per heavy atom. The van der Waals surface area contributed by atoms with Gasteiger partial charge in [0, 0.05) is 0 Å². The molecule has 0 aliphatic heterocycles. The molecule has 0 atom stereocenters. The summed E-state index contributed by atoms with van der Waals surface area (Å²) in [5, 5.41) is 4.45. The average Bonchev–Trinajstić information content (AvgIpc) is 2.04. The summed E-state index contributed by atoms with van der Waals surface area (Å²) < 4.78 is 0. The van der Waals surface area contributed by atoms with E-state index in [0.717, 1.165) is 19.4 Å². The maximum Gasteiger partial charge on any atom is -0.0297 e. The Morgan fingerprint density at radius 2 is 2.18 bits per heavy atom. The third-order valence-electron chi connectivity index (χ3n) is 1.87. The van der Waals surface area contributed by atoms with Crippen molar-refractivity contribution < 1.29 is 0 Å². The molecule has 0 aromatic rings. The molecule has 62 valence electrons. The van der Waals surface area contributed by atoms with E-state index in [4.69, 9.17) is 0 Å². The molecule has 0 aromatic carbocycles. The van der Waals surface area contributed by atoms with Gasteiger partial charge in [-0.1, -0.05) is 31.1 Å². The van der Waals surface area contributed by atoms with Crippen LogP contribution in [-0.2, 0) is 0 Å². The van der Waals surface area contributed by atoms with Crippen LogP contribution in [0.25, 0.3) is 5.32 Å². The molecule has 1 rings (SSSR count).